The van der Waals surface area contributed by atoms with E-state index in [1.54, 1.807) is 18.2 Å². The summed E-state index contributed by atoms with van der Waals surface area (Å²) in [5.41, 5.74) is 1.68. The van der Waals surface area contributed by atoms with Crippen molar-refractivity contribution in [3.05, 3.63) is 46.7 Å². The van der Waals surface area contributed by atoms with Crippen molar-refractivity contribution in [1.29, 1.82) is 0 Å². The Morgan fingerprint density at radius 3 is 2.47 bits per heavy atom. The van der Waals surface area contributed by atoms with Crippen LogP contribution in [0.3, 0.4) is 0 Å². The molecule has 0 aromatic heterocycles. The number of carbonyl (C=O) groups is 2. The predicted octanol–water partition coefficient (Wildman–Crippen LogP) is 2.27. The van der Waals surface area contributed by atoms with E-state index >= 15 is 0 Å². The van der Waals surface area contributed by atoms with Gasteiger partial charge in [-0.3, -0.25) is 9.59 Å². The predicted molar refractivity (Wildman–Crippen MR) is 74.0 cm³/mol. The first kappa shape index (κ1) is 13.1. The zero-order chi connectivity index (χ0) is 14.0. The third kappa shape index (κ3) is 2.06. The van der Waals surface area contributed by atoms with Crippen LogP contribution in [0.25, 0.3) is 0 Å². The maximum absolute atomic E-state index is 12.5. The van der Waals surface area contributed by atoms with E-state index in [1.807, 2.05) is 18.7 Å². The summed E-state index contributed by atoms with van der Waals surface area (Å²) < 4.78 is 0. The molecule has 0 spiro atoms. The number of allylic oxidation sites excluding steroid dienone is 2. The molecule has 3 nitrogen and oxygen atoms in total. The van der Waals surface area contributed by atoms with Gasteiger partial charge < -0.3 is 4.90 Å². The summed E-state index contributed by atoms with van der Waals surface area (Å²) in [6.07, 6.45) is 6.84. The molecule has 0 N–H and O–H groups in total. The maximum Gasteiger partial charge on any atom is 0.211 e. The molecule has 0 saturated carbocycles. The Balaban J connectivity index is 2.61. The molecule has 0 amide bonds. The fourth-order valence-corrected chi connectivity index (χ4v) is 2.32. The number of ketones is 2. The van der Waals surface area contributed by atoms with Gasteiger partial charge >= 0.3 is 0 Å². The second-order valence-corrected chi connectivity index (χ2v) is 4.27. The number of rotatable bonds is 3. The summed E-state index contributed by atoms with van der Waals surface area (Å²) in [7, 11) is 0. The van der Waals surface area contributed by atoms with E-state index in [9.17, 15) is 9.59 Å². The van der Waals surface area contributed by atoms with Gasteiger partial charge in [-0.1, -0.05) is 18.1 Å². The van der Waals surface area contributed by atoms with Crippen molar-refractivity contribution in [2.75, 3.05) is 13.1 Å². The normalized spacial score (nSPS) is 13.6. The monoisotopic (exact) mass is 253 g/mol. The molecular formula is C16H15NO2. The van der Waals surface area contributed by atoms with Crippen molar-refractivity contribution < 1.29 is 9.59 Å². The lowest BCUT2D eigenvalue weighted by Crippen LogP contribution is -2.31. The van der Waals surface area contributed by atoms with Crippen LogP contribution >= 0.6 is 0 Å². The molecule has 0 saturated heterocycles. The number of terminal acetylenes is 1. The van der Waals surface area contributed by atoms with Crippen molar-refractivity contribution >= 4 is 11.6 Å². The average molecular weight is 253 g/mol. The first-order chi connectivity index (χ1) is 9.13. The third-order valence-corrected chi connectivity index (χ3v) is 3.32. The van der Waals surface area contributed by atoms with E-state index < -0.39 is 0 Å². The first-order valence-corrected chi connectivity index (χ1v) is 6.29. The number of hydrogen-bond acceptors (Lipinski definition) is 3. The van der Waals surface area contributed by atoms with Gasteiger partial charge in [-0.2, -0.15) is 0 Å². The summed E-state index contributed by atoms with van der Waals surface area (Å²) in [6, 6.07) is 5.04. The van der Waals surface area contributed by atoms with Gasteiger partial charge in [0.2, 0.25) is 5.78 Å². The third-order valence-electron chi connectivity index (χ3n) is 3.32. The number of nitrogens with zero attached hydrogens (tertiary/aromatic N) is 1. The number of Topliss-reactive ketones (excluding diaryl/α,β-unsaturated/α-hetero) is 1. The molecule has 1 aliphatic carbocycles. The lowest BCUT2D eigenvalue weighted by atomic mass is 9.88. The average Bonchev–Trinajstić information content (AvgIpc) is 2.44. The number of fused-ring (bicyclic) bond motifs is 1. The van der Waals surface area contributed by atoms with Gasteiger partial charge in [-0.15, -0.1) is 6.42 Å². The Morgan fingerprint density at radius 2 is 1.89 bits per heavy atom. The summed E-state index contributed by atoms with van der Waals surface area (Å²) in [5.74, 6) is 2.16. The van der Waals surface area contributed by atoms with Crippen molar-refractivity contribution in [2.45, 2.75) is 13.8 Å². The second-order valence-electron chi connectivity index (χ2n) is 4.27. The summed E-state index contributed by atoms with van der Waals surface area (Å²) in [6.45, 7) is 5.25. The van der Waals surface area contributed by atoms with Gasteiger partial charge in [0, 0.05) is 30.3 Å². The molecule has 96 valence electrons. The maximum atomic E-state index is 12.5. The lowest BCUT2D eigenvalue weighted by molar-refractivity contribution is 0.0953. The quantitative estimate of drug-likeness (QED) is 0.775. The molecule has 0 atom stereocenters. The van der Waals surface area contributed by atoms with Crippen molar-refractivity contribution in [3.8, 4) is 12.3 Å². The van der Waals surface area contributed by atoms with E-state index in [4.69, 9.17) is 6.42 Å². The Bertz CT molecular complexity index is 616. The summed E-state index contributed by atoms with van der Waals surface area (Å²) >= 11 is 0. The molecule has 0 radical (unpaired) electrons. The van der Waals surface area contributed by atoms with Crippen LogP contribution in [0.5, 0.6) is 0 Å². The molecule has 0 bridgehead atoms. The van der Waals surface area contributed by atoms with Crippen LogP contribution in [-0.4, -0.2) is 29.6 Å². The van der Waals surface area contributed by atoms with Crippen LogP contribution in [-0.2, 0) is 0 Å². The largest absolute Gasteiger partial charge is 0.369 e. The zero-order valence-corrected chi connectivity index (χ0v) is 11.1. The van der Waals surface area contributed by atoms with Crippen LogP contribution in [0, 0.1) is 12.3 Å². The van der Waals surface area contributed by atoms with E-state index in [0.717, 1.165) is 0 Å². The lowest BCUT2D eigenvalue weighted by Gasteiger charge is -2.26. The molecule has 0 unspecified atom stereocenters. The van der Waals surface area contributed by atoms with Gasteiger partial charge in [0.15, 0.2) is 5.78 Å². The molecule has 3 heteroatoms. The molecule has 1 aromatic rings. The fraction of sp³-hybridized carbons (Fsp3) is 0.250. The Morgan fingerprint density at radius 1 is 1.21 bits per heavy atom. The summed E-state index contributed by atoms with van der Waals surface area (Å²) in [5, 5.41) is 0. The van der Waals surface area contributed by atoms with Crippen LogP contribution in [0.4, 0.5) is 0 Å². The first-order valence-electron chi connectivity index (χ1n) is 6.29. The van der Waals surface area contributed by atoms with E-state index in [1.165, 1.54) is 6.08 Å². The highest BCUT2D eigenvalue weighted by Gasteiger charge is 2.29. The van der Waals surface area contributed by atoms with E-state index in [0.29, 0.717) is 35.5 Å². The smallest absolute Gasteiger partial charge is 0.211 e. The van der Waals surface area contributed by atoms with Gasteiger partial charge in [0.05, 0.1) is 11.3 Å². The molecule has 2 rings (SSSR count). The van der Waals surface area contributed by atoms with Gasteiger partial charge in [-0.25, -0.2) is 0 Å². The van der Waals surface area contributed by atoms with E-state index in [-0.39, 0.29) is 11.6 Å². The van der Waals surface area contributed by atoms with E-state index in [2.05, 4.69) is 5.92 Å². The minimum Gasteiger partial charge on any atom is -0.369 e. The van der Waals surface area contributed by atoms with Crippen LogP contribution in [0.2, 0.25) is 0 Å². The Labute approximate surface area is 112 Å². The number of benzene rings is 1. The minimum atomic E-state index is -0.160. The number of likely N-dealkylation sites (N-methyl/N-ethyl adjacent to an activating group) is 1. The van der Waals surface area contributed by atoms with Crippen molar-refractivity contribution in [1.82, 2.24) is 4.90 Å². The minimum absolute atomic E-state index is 0.159. The van der Waals surface area contributed by atoms with Gasteiger partial charge in [0.25, 0.3) is 0 Å². The molecule has 0 heterocycles. The Hall–Kier alpha value is -2.34. The van der Waals surface area contributed by atoms with Crippen LogP contribution in [0.1, 0.15) is 40.1 Å². The topological polar surface area (TPSA) is 37.4 Å². The highest BCUT2D eigenvalue weighted by Crippen LogP contribution is 2.26. The van der Waals surface area contributed by atoms with Gasteiger partial charge in [-0.05, 0) is 19.9 Å². The highest BCUT2D eigenvalue weighted by atomic mass is 16.1. The van der Waals surface area contributed by atoms with Gasteiger partial charge in [0.1, 0.15) is 0 Å². The van der Waals surface area contributed by atoms with Crippen LogP contribution in [0.15, 0.2) is 30.0 Å². The van der Waals surface area contributed by atoms with Crippen molar-refractivity contribution in [3.63, 3.8) is 0 Å². The molecule has 1 aromatic carbocycles. The number of carbonyl (C=O) groups excluding carboxylic acids is 2. The molecule has 0 fully saturated rings. The summed E-state index contributed by atoms with van der Waals surface area (Å²) in [4.78, 5) is 26.5. The highest BCUT2D eigenvalue weighted by molar-refractivity contribution is 6.25. The number of hydrogen-bond donors (Lipinski definition) is 0. The fourth-order valence-electron chi connectivity index (χ4n) is 2.32. The zero-order valence-electron chi connectivity index (χ0n) is 11.1. The van der Waals surface area contributed by atoms with Crippen molar-refractivity contribution in [2.24, 2.45) is 0 Å². The second kappa shape index (κ2) is 5.11. The molecule has 1 aliphatic rings. The Kier molecular flexibility index (Phi) is 3.52. The standard InChI is InChI=1S/C16H15NO2/c1-4-11-8-7-9-12-14(18)10-13(16(19)15(11)12)17(5-2)6-3/h1,7-10H,5-6H2,2-3H3. The molecular weight excluding hydrogens is 238 g/mol. The SMILES string of the molecule is C#Cc1cccc2c1C(=O)C(N(CC)CC)=CC2=O. The molecule has 0 aliphatic heterocycles. The molecule has 19 heavy (non-hydrogen) atoms. The van der Waals surface area contributed by atoms with Crippen LogP contribution < -0.4 is 0 Å².